The number of nitrogens with zero attached hydrogens (tertiary/aromatic N) is 2. The van der Waals surface area contributed by atoms with Crippen LogP contribution in [0.3, 0.4) is 0 Å². The summed E-state index contributed by atoms with van der Waals surface area (Å²) in [5.74, 6) is 2.23. The van der Waals surface area contributed by atoms with Gasteiger partial charge in [-0.1, -0.05) is 18.2 Å². The second kappa shape index (κ2) is 5.62. The summed E-state index contributed by atoms with van der Waals surface area (Å²) in [5, 5.41) is 12.0. The second-order valence-corrected chi connectivity index (χ2v) is 4.91. The van der Waals surface area contributed by atoms with Gasteiger partial charge in [0.25, 0.3) is 0 Å². The average molecular weight is 265 g/mol. The lowest BCUT2D eigenvalue weighted by Crippen LogP contribution is -2.27. The van der Waals surface area contributed by atoms with Crippen LogP contribution in [0, 0.1) is 17.2 Å². The van der Waals surface area contributed by atoms with Crippen LogP contribution in [0.2, 0.25) is 0 Å². The van der Waals surface area contributed by atoms with E-state index in [1.54, 1.807) is 12.3 Å². The van der Waals surface area contributed by atoms with E-state index in [1.165, 1.54) is 5.56 Å². The molecule has 0 aliphatic carbocycles. The molecule has 0 fully saturated rings. The minimum atomic E-state index is 0.433. The molecule has 20 heavy (non-hydrogen) atoms. The summed E-state index contributed by atoms with van der Waals surface area (Å²) in [5.41, 5.74) is 1.84. The molecule has 1 aliphatic rings. The van der Waals surface area contributed by atoms with E-state index in [0.29, 0.717) is 11.5 Å². The van der Waals surface area contributed by atoms with Gasteiger partial charge in [0.2, 0.25) is 0 Å². The number of hydrogen-bond acceptors (Lipinski definition) is 4. The smallest absolute Gasteiger partial charge is 0.125 e. The van der Waals surface area contributed by atoms with Gasteiger partial charge in [0.1, 0.15) is 17.6 Å². The van der Waals surface area contributed by atoms with E-state index >= 15 is 0 Å². The highest BCUT2D eigenvalue weighted by atomic mass is 16.5. The Morgan fingerprint density at radius 1 is 1.30 bits per heavy atom. The van der Waals surface area contributed by atoms with Crippen LogP contribution in [0.5, 0.6) is 5.75 Å². The maximum Gasteiger partial charge on any atom is 0.125 e. The van der Waals surface area contributed by atoms with E-state index in [1.807, 2.05) is 24.3 Å². The minimum Gasteiger partial charge on any atom is -0.493 e. The molecule has 0 unspecified atom stereocenters. The highest BCUT2D eigenvalue weighted by molar-refractivity contribution is 5.39. The van der Waals surface area contributed by atoms with Crippen LogP contribution >= 0.6 is 0 Å². The van der Waals surface area contributed by atoms with Crippen LogP contribution in [0.4, 0.5) is 5.82 Å². The molecule has 0 radical (unpaired) electrons. The molecule has 2 heterocycles. The number of rotatable bonds is 3. The van der Waals surface area contributed by atoms with Crippen molar-refractivity contribution < 1.29 is 4.74 Å². The SMILES string of the molecule is N#Cc1ccc(NC[C@@H]2COc3ccccc3C2)nc1. The third-order valence-electron chi connectivity index (χ3n) is 3.42. The van der Waals surface area contributed by atoms with Crippen LogP contribution in [-0.4, -0.2) is 18.1 Å². The Kier molecular flexibility index (Phi) is 3.51. The predicted molar refractivity (Wildman–Crippen MR) is 76.6 cm³/mol. The third-order valence-corrected chi connectivity index (χ3v) is 3.42. The molecule has 2 aromatic rings. The number of aromatic nitrogens is 1. The monoisotopic (exact) mass is 265 g/mol. The van der Waals surface area contributed by atoms with Gasteiger partial charge >= 0.3 is 0 Å². The number of anilines is 1. The van der Waals surface area contributed by atoms with Crippen LogP contribution < -0.4 is 10.1 Å². The molecule has 3 rings (SSSR count). The Labute approximate surface area is 118 Å². The van der Waals surface area contributed by atoms with Gasteiger partial charge in [-0.25, -0.2) is 4.98 Å². The molecule has 0 saturated carbocycles. The first-order valence-corrected chi connectivity index (χ1v) is 6.66. The normalized spacial score (nSPS) is 16.6. The highest BCUT2D eigenvalue weighted by Gasteiger charge is 2.19. The number of nitriles is 1. The van der Waals surface area contributed by atoms with E-state index in [4.69, 9.17) is 10.00 Å². The summed E-state index contributed by atoms with van der Waals surface area (Å²) < 4.78 is 5.76. The fourth-order valence-corrected chi connectivity index (χ4v) is 2.34. The molecule has 1 aliphatic heterocycles. The van der Waals surface area contributed by atoms with Gasteiger partial charge in [-0.3, -0.25) is 0 Å². The number of benzene rings is 1. The first-order valence-electron chi connectivity index (χ1n) is 6.66. The fraction of sp³-hybridized carbons (Fsp3) is 0.250. The van der Waals surface area contributed by atoms with Gasteiger partial charge in [0.05, 0.1) is 12.2 Å². The van der Waals surface area contributed by atoms with Gasteiger partial charge in [-0.05, 0) is 30.2 Å². The summed E-state index contributed by atoms with van der Waals surface area (Å²) in [4.78, 5) is 4.20. The lowest BCUT2D eigenvalue weighted by atomic mass is 9.97. The summed E-state index contributed by atoms with van der Waals surface area (Å²) in [6, 6.07) is 13.8. The molecular formula is C16H15N3O. The molecule has 1 atom stereocenters. The van der Waals surface area contributed by atoms with Crippen LogP contribution in [0.1, 0.15) is 11.1 Å². The van der Waals surface area contributed by atoms with Crippen molar-refractivity contribution in [3.63, 3.8) is 0 Å². The van der Waals surface area contributed by atoms with Gasteiger partial charge in [-0.2, -0.15) is 5.26 Å². The van der Waals surface area contributed by atoms with E-state index in [-0.39, 0.29) is 0 Å². The maximum atomic E-state index is 8.73. The Hall–Kier alpha value is -2.54. The predicted octanol–water partition coefficient (Wildman–Crippen LogP) is 2.62. The largest absolute Gasteiger partial charge is 0.493 e. The zero-order valence-corrected chi connectivity index (χ0v) is 11.0. The number of para-hydroxylation sites is 1. The molecule has 0 spiro atoms. The number of pyridine rings is 1. The van der Waals surface area contributed by atoms with E-state index < -0.39 is 0 Å². The molecule has 1 aromatic carbocycles. The van der Waals surface area contributed by atoms with Crippen molar-refractivity contribution in [2.24, 2.45) is 5.92 Å². The van der Waals surface area contributed by atoms with Crippen LogP contribution in [0.25, 0.3) is 0 Å². The van der Waals surface area contributed by atoms with Gasteiger partial charge in [-0.15, -0.1) is 0 Å². The zero-order valence-electron chi connectivity index (χ0n) is 11.0. The van der Waals surface area contributed by atoms with Gasteiger partial charge in [0.15, 0.2) is 0 Å². The lowest BCUT2D eigenvalue weighted by molar-refractivity contribution is 0.229. The van der Waals surface area contributed by atoms with Crippen molar-refractivity contribution in [3.8, 4) is 11.8 Å². The summed E-state index contributed by atoms with van der Waals surface area (Å²) in [6.45, 7) is 1.54. The summed E-state index contributed by atoms with van der Waals surface area (Å²) in [7, 11) is 0. The first-order chi connectivity index (χ1) is 9.85. The van der Waals surface area contributed by atoms with Crippen molar-refractivity contribution in [1.82, 2.24) is 4.98 Å². The quantitative estimate of drug-likeness (QED) is 0.926. The first kappa shape index (κ1) is 12.5. The zero-order chi connectivity index (χ0) is 13.8. The Morgan fingerprint density at radius 3 is 3.00 bits per heavy atom. The van der Waals surface area contributed by atoms with Crippen LogP contribution in [0.15, 0.2) is 42.6 Å². The number of fused-ring (bicyclic) bond motifs is 1. The fourth-order valence-electron chi connectivity index (χ4n) is 2.34. The Bertz CT molecular complexity index is 631. The average Bonchev–Trinajstić information content (AvgIpc) is 2.53. The van der Waals surface area contributed by atoms with Crippen molar-refractivity contribution in [1.29, 1.82) is 5.26 Å². The number of ether oxygens (including phenoxy) is 1. The van der Waals surface area contributed by atoms with Gasteiger partial charge in [0, 0.05) is 18.7 Å². The number of hydrogen-bond donors (Lipinski definition) is 1. The van der Waals surface area contributed by atoms with Crippen molar-refractivity contribution in [2.45, 2.75) is 6.42 Å². The van der Waals surface area contributed by atoms with E-state index in [2.05, 4.69) is 22.4 Å². The second-order valence-electron chi connectivity index (χ2n) is 4.91. The molecule has 1 aromatic heterocycles. The molecular weight excluding hydrogens is 250 g/mol. The molecule has 4 heteroatoms. The van der Waals surface area contributed by atoms with Gasteiger partial charge < -0.3 is 10.1 Å². The molecule has 0 amide bonds. The molecule has 100 valence electrons. The highest BCUT2D eigenvalue weighted by Crippen LogP contribution is 2.26. The Morgan fingerprint density at radius 2 is 2.20 bits per heavy atom. The van der Waals surface area contributed by atoms with E-state index in [9.17, 15) is 0 Å². The Balaban J connectivity index is 1.58. The summed E-state index contributed by atoms with van der Waals surface area (Å²) >= 11 is 0. The molecule has 4 nitrogen and oxygen atoms in total. The molecule has 0 bridgehead atoms. The van der Waals surface area contributed by atoms with Crippen molar-refractivity contribution >= 4 is 5.82 Å². The molecule has 0 saturated heterocycles. The lowest BCUT2D eigenvalue weighted by Gasteiger charge is -2.25. The topological polar surface area (TPSA) is 57.9 Å². The van der Waals surface area contributed by atoms with Crippen molar-refractivity contribution in [2.75, 3.05) is 18.5 Å². The van der Waals surface area contributed by atoms with E-state index in [0.717, 1.165) is 31.1 Å². The maximum absolute atomic E-state index is 8.73. The number of nitrogens with one attached hydrogen (secondary N) is 1. The standard InChI is InChI=1S/C16H15N3O/c17-8-12-5-6-16(18-9-12)19-10-13-7-14-3-1-2-4-15(14)20-11-13/h1-6,9,13H,7,10-11H2,(H,18,19)/t13-/m1/s1. The van der Waals surface area contributed by atoms with Crippen molar-refractivity contribution in [3.05, 3.63) is 53.7 Å². The third kappa shape index (κ3) is 2.72. The summed E-state index contributed by atoms with van der Waals surface area (Å²) in [6.07, 6.45) is 2.59. The van der Waals surface area contributed by atoms with Crippen LogP contribution in [-0.2, 0) is 6.42 Å². The molecule has 1 N–H and O–H groups in total. The minimum absolute atomic E-state index is 0.433.